The molecule has 2 N–H and O–H groups in total. The van der Waals surface area contributed by atoms with Crippen molar-refractivity contribution in [3.05, 3.63) is 55.3 Å². The fraction of sp³-hybridized carbons (Fsp3) is 0.150. The average Bonchev–Trinajstić information content (AvgIpc) is 3.07. The molecule has 0 unspecified atom stereocenters. The molecule has 1 aliphatic rings. The number of amidine groups is 1. The number of thioether (sulfide) groups is 1. The molecule has 1 aliphatic heterocycles. The van der Waals surface area contributed by atoms with Gasteiger partial charge in [-0.1, -0.05) is 0 Å². The Morgan fingerprint density at radius 1 is 1.27 bits per heavy atom. The second kappa shape index (κ2) is 9.67. The van der Waals surface area contributed by atoms with Crippen LogP contribution in [0, 0.1) is 0 Å². The van der Waals surface area contributed by atoms with Crippen molar-refractivity contribution in [3.63, 3.8) is 0 Å². The van der Waals surface area contributed by atoms with Crippen LogP contribution in [0.25, 0.3) is 6.08 Å². The van der Waals surface area contributed by atoms with E-state index in [1.54, 1.807) is 43.3 Å². The van der Waals surface area contributed by atoms with Crippen LogP contribution >= 0.6 is 43.6 Å². The number of carbonyl (C=O) groups is 2. The lowest BCUT2D eigenvalue weighted by Gasteiger charge is -2.10. The van der Waals surface area contributed by atoms with Gasteiger partial charge >= 0.3 is 5.97 Å². The molecule has 0 aromatic heterocycles. The number of nitrogens with zero attached hydrogens (tertiary/aromatic N) is 1. The predicted octanol–water partition coefficient (Wildman–Crippen LogP) is 4.99. The number of nitrogens with one attached hydrogen (secondary N) is 1. The Kier molecular flexibility index (Phi) is 7.22. The molecule has 0 spiro atoms. The Balaban J connectivity index is 1.83. The topological polar surface area (TPSA) is 97.2 Å². The Bertz CT molecular complexity index is 1070. The Morgan fingerprint density at radius 2 is 1.97 bits per heavy atom. The number of methoxy groups -OCH3 is 1. The van der Waals surface area contributed by atoms with Gasteiger partial charge < -0.3 is 19.9 Å². The zero-order valence-electron chi connectivity index (χ0n) is 15.9. The molecule has 0 radical (unpaired) electrons. The summed E-state index contributed by atoms with van der Waals surface area (Å²) in [6.45, 7) is 2.05. The van der Waals surface area contributed by atoms with E-state index in [-0.39, 0.29) is 17.4 Å². The van der Waals surface area contributed by atoms with Gasteiger partial charge in [0, 0.05) is 4.47 Å². The molecule has 3 rings (SSSR count). The number of carbonyl (C=O) groups excluding carboxylic acids is 2. The predicted molar refractivity (Wildman–Crippen MR) is 123 cm³/mol. The van der Waals surface area contributed by atoms with Crippen LogP contribution in [-0.4, -0.2) is 35.9 Å². The van der Waals surface area contributed by atoms with E-state index < -0.39 is 5.97 Å². The minimum Gasteiger partial charge on any atom is -0.503 e. The second-order valence-corrected chi connectivity index (χ2v) is 8.51. The van der Waals surface area contributed by atoms with E-state index in [1.165, 1.54) is 18.9 Å². The summed E-state index contributed by atoms with van der Waals surface area (Å²) in [5, 5.41) is 13.2. The van der Waals surface area contributed by atoms with Crippen LogP contribution in [0.2, 0.25) is 0 Å². The number of benzene rings is 2. The van der Waals surface area contributed by atoms with Crippen molar-refractivity contribution in [1.29, 1.82) is 0 Å². The Hall–Kier alpha value is -2.30. The largest absolute Gasteiger partial charge is 0.503 e. The summed E-state index contributed by atoms with van der Waals surface area (Å²) >= 11 is 7.88. The summed E-state index contributed by atoms with van der Waals surface area (Å²) in [7, 11) is 1.45. The zero-order valence-corrected chi connectivity index (χ0v) is 19.9. The van der Waals surface area contributed by atoms with Crippen molar-refractivity contribution >= 4 is 72.4 Å². The standard InChI is InChI=1S/C20H16Br2N2O5S/c1-3-29-19(27)10-4-6-12(7-5-10)23-20-24-18(26)14(30-20)9-11-8-13(28-2)17(25)16(22)15(11)21/h4-9,25H,3H2,1-2H3,(H,23,24,26)/b14-9+. The smallest absolute Gasteiger partial charge is 0.338 e. The molecule has 2 aromatic rings. The number of amides is 1. The Morgan fingerprint density at radius 3 is 2.60 bits per heavy atom. The van der Waals surface area contributed by atoms with Gasteiger partial charge in [0.05, 0.1) is 34.3 Å². The fourth-order valence-corrected chi connectivity index (χ4v) is 4.17. The molecular weight excluding hydrogens is 540 g/mol. The number of ether oxygens (including phenoxy) is 2. The lowest BCUT2D eigenvalue weighted by molar-refractivity contribution is -0.115. The number of hydrogen-bond donors (Lipinski definition) is 2. The van der Waals surface area contributed by atoms with Crippen LogP contribution in [0.15, 0.2) is 49.2 Å². The molecule has 156 valence electrons. The third-order valence-corrected chi connectivity index (χ3v) is 7.01. The summed E-state index contributed by atoms with van der Waals surface area (Å²) < 4.78 is 11.1. The third kappa shape index (κ3) is 4.88. The van der Waals surface area contributed by atoms with E-state index >= 15 is 0 Å². The highest BCUT2D eigenvalue weighted by Crippen LogP contribution is 2.43. The van der Waals surface area contributed by atoms with E-state index in [0.29, 0.717) is 42.4 Å². The van der Waals surface area contributed by atoms with Crippen LogP contribution in [0.4, 0.5) is 5.69 Å². The fourth-order valence-electron chi connectivity index (χ4n) is 2.50. The van der Waals surface area contributed by atoms with Crippen molar-refractivity contribution in [2.45, 2.75) is 6.92 Å². The van der Waals surface area contributed by atoms with Crippen molar-refractivity contribution in [2.24, 2.45) is 4.99 Å². The van der Waals surface area contributed by atoms with Crippen molar-refractivity contribution in [3.8, 4) is 11.5 Å². The minimum absolute atomic E-state index is 0.0384. The van der Waals surface area contributed by atoms with Gasteiger partial charge in [-0.2, -0.15) is 0 Å². The van der Waals surface area contributed by atoms with E-state index in [2.05, 4.69) is 42.2 Å². The molecule has 1 heterocycles. The summed E-state index contributed by atoms with van der Waals surface area (Å²) in [6.07, 6.45) is 1.67. The second-order valence-electron chi connectivity index (χ2n) is 5.89. The normalized spacial score (nSPS) is 16.1. The molecule has 7 nitrogen and oxygen atoms in total. The summed E-state index contributed by atoms with van der Waals surface area (Å²) in [5.74, 6) is -0.456. The highest BCUT2D eigenvalue weighted by atomic mass is 79.9. The SMILES string of the molecule is CCOC(=O)c1ccc(N=C2NC(=O)/C(=C\c3cc(OC)c(O)c(Br)c3Br)S2)cc1. The van der Waals surface area contributed by atoms with Gasteiger partial charge in [0.1, 0.15) is 0 Å². The molecule has 2 aromatic carbocycles. The molecule has 1 fully saturated rings. The van der Waals surface area contributed by atoms with Gasteiger partial charge in [-0.15, -0.1) is 0 Å². The van der Waals surface area contributed by atoms with Crippen molar-refractivity contribution in [1.82, 2.24) is 5.32 Å². The van der Waals surface area contributed by atoms with Crippen LogP contribution in [0.3, 0.4) is 0 Å². The van der Waals surface area contributed by atoms with Crippen molar-refractivity contribution < 1.29 is 24.2 Å². The van der Waals surface area contributed by atoms with E-state index in [9.17, 15) is 14.7 Å². The van der Waals surface area contributed by atoms with E-state index in [1.807, 2.05) is 0 Å². The molecule has 1 saturated heterocycles. The molecular formula is C20H16Br2N2O5S. The maximum atomic E-state index is 12.4. The highest BCUT2D eigenvalue weighted by Gasteiger charge is 2.25. The number of esters is 1. The van der Waals surface area contributed by atoms with Gasteiger partial charge in [0.2, 0.25) is 0 Å². The first kappa shape index (κ1) is 22.4. The van der Waals surface area contributed by atoms with Crippen LogP contribution in [0.5, 0.6) is 11.5 Å². The first-order chi connectivity index (χ1) is 14.3. The lowest BCUT2D eigenvalue weighted by atomic mass is 10.2. The highest BCUT2D eigenvalue weighted by molar-refractivity contribution is 9.13. The zero-order chi connectivity index (χ0) is 21.8. The van der Waals surface area contributed by atoms with Crippen LogP contribution in [0.1, 0.15) is 22.8 Å². The Labute approximate surface area is 193 Å². The van der Waals surface area contributed by atoms with Crippen LogP contribution < -0.4 is 10.1 Å². The van der Waals surface area contributed by atoms with E-state index in [4.69, 9.17) is 9.47 Å². The van der Waals surface area contributed by atoms with Gasteiger partial charge in [-0.05, 0) is 92.5 Å². The van der Waals surface area contributed by atoms with Crippen LogP contribution in [-0.2, 0) is 9.53 Å². The number of phenolic OH excluding ortho intramolecular Hbond substituents is 1. The molecule has 0 aliphatic carbocycles. The number of hydrogen-bond acceptors (Lipinski definition) is 7. The lowest BCUT2D eigenvalue weighted by Crippen LogP contribution is -2.19. The van der Waals surface area contributed by atoms with Crippen molar-refractivity contribution in [2.75, 3.05) is 13.7 Å². The number of halogens is 2. The molecule has 30 heavy (non-hydrogen) atoms. The summed E-state index contributed by atoms with van der Waals surface area (Å²) in [6, 6.07) is 8.20. The number of aliphatic imine (C=N–C) groups is 1. The van der Waals surface area contributed by atoms with Gasteiger partial charge in [0.15, 0.2) is 16.7 Å². The first-order valence-electron chi connectivity index (χ1n) is 8.65. The van der Waals surface area contributed by atoms with E-state index in [0.717, 1.165) is 0 Å². The first-order valence-corrected chi connectivity index (χ1v) is 11.1. The van der Waals surface area contributed by atoms with Gasteiger partial charge in [0.25, 0.3) is 5.91 Å². The minimum atomic E-state index is -0.397. The molecule has 0 atom stereocenters. The monoisotopic (exact) mass is 554 g/mol. The summed E-state index contributed by atoms with van der Waals surface area (Å²) in [5.41, 5.74) is 1.66. The molecule has 0 bridgehead atoms. The maximum absolute atomic E-state index is 12.4. The molecule has 1 amide bonds. The molecule has 0 saturated carbocycles. The van der Waals surface area contributed by atoms with Gasteiger partial charge in [-0.25, -0.2) is 9.79 Å². The number of phenols is 1. The third-order valence-electron chi connectivity index (χ3n) is 3.94. The maximum Gasteiger partial charge on any atom is 0.338 e. The molecule has 10 heteroatoms. The quantitative estimate of drug-likeness (QED) is 0.398. The average molecular weight is 556 g/mol. The van der Waals surface area contributed by atoms with Gasteiger partial charge in [-0.3, -0.25) is 4.79 Å². The summed E-state index contributed by atoms with van der Waals surface area (Å²) in [4.78, 5) is 28.9. The number of aromatic hydroxyl groups is 1. The number of rotatable bonds is 5.